The lowest BCUT2D eigenvalue weighted by Gasteiger charge is -2.12. The third-order valence-electron chi connectivity index (χ3n) is 2.40. The third-order valence-corrected chi connectivity index (χ3v) is 4.98. The van der Waals surface area contributed by atoms with Gasteiger partial charge in [-0.1, -0.05) is 12.1 Å². The van der Waals surface area contributed by atoms with E-state index < -0.39 is 0 Å². The molecule has 90 valence electrons. The number of thioether (sulfide) groups is 1. The fourth-order valence-corrected chi connectivity index (χ4v) is 3.64. The Balaban J connectivity index is 2.18. The van der Waals surface area contributed by atoms with Gasteiger partial charge in [-0.2, -0.15) is 0 Å². The van der Waals surface area contributed by atoms with Crippen molar-refractivity contribution in [2.24, 2.45) is 5.73 Å². The summed E-state index contributed by atoms with van der Waals surface area (Å²) in [7, 11) is 0. The predicted octanol–water partition coefficient (Wildman–Crippen LogP) is 3.99. The minimum atomic E-state index is -0.177. The van der Waals surface area contributed by atoms with E-state index in [0.29, 0.717) is 11.4 Å². The van der Waals surface area contributed by atoms with Crippen molar-refractivity contribution in [2.75, 3.05) is 6.54 Å². The average Bonchev–Trinajstić information content (AvgIpc) is 2.75. The summed E-state index contributed by atoms with van der Waals surface area (Å²) >= 11 is 3.21. The number of nitrogens with two attached hydrogens (primary N) is 1. The number of benzene rings is 1. The van der Waals surface area contributed by atoms with E-state index in [4.69, 9.17) is 5.73 Å². The van der Waals surface area contributed by atoms with Gasteiger partial charge >= 0.3 is 0 Å². The van der Waals surface area contributed by atoms with Crippen LogP contribution in [0.1, 0.15) is 15.0 Å². The Bertz CT molecular complexity index is 496. The molecular weight excluding hydrogens is 253 g/mol. The van der Waals surface area contributed by atoms with Crippen molar-refractivity contribution in [2.45, 2.75) is 17.1 Å². The summed E-state index contributed by atoms with van der Waals surface area (Å²) in [6.45, 7) is 2.58. The molecule has 0 aliphatic rings. The third kappa shape index (κ3) is 3.09. The first-order chi connectivity index (χ1) is 8.20. The first-order valence-electron chi connectivity index (χ1n) is 5.38. The van der Waals surface area contributed by atoms with Crippen molar-refractivity contribution in [1.29, 1.82) is 0 Å². The molecule has 2 N–H and O–H groups in total. The van der Waals surface area contributed by atoms with Crippen LogP contribution < -0.4 is 5.73 Å². The topological polar surface area (TPSA) is 26.0 Å². The maximum Gasteiger partial charge on any atom is 0.136 e. The molecule has 0 spiro atoms. The Morgan fingerprint density at radius 1 is 1.29 bits per heavy atom. The minimum absolute atomic E-state index is 0.130. The molecule has 0 amide bonds. The maximum absolute atomic E-state index is 13.5. The summed E-state index contributed by atoms with van der Waals surface area (Å²) in [5.41, 5.74) is 5.78. The average molecular weight is 267 g/mol. The standard InChI is InChI=1S/C13H14FNS2/c1-9-6-7-12(16-9)13(8-15)17-11-5-3-2-4-10(11)14/h2-7,13H,8,15H2,1H3. The SMILES string of the molecule is Cc1ccc(C(CN)Sc2ccccc2F)s1. The first-order valence-corrected chi connectivity index (χ1v) is 7.08. The van der Waals surface area contributed by atoms with Crippen LogP contribution in [0.2, 0.25) is 0 Å². The Hall–Kier alpha value is -0.840. The number of thiophene rings is 1. The molecule has 1 unspecified atom stereocenters. The van der Waals surface area contributed by atoms with Gasteiger partial charge in [0.1, 0.15) is 5.82 Å². The summed E-state index contributed by atoms with van der Waals surface area (Å²) in [6.07, 6.45) is 0. The molecule has 1 heterocycles. The van der Waals surface area contributed by atoms with Crippen LogP contribution in [-0.2, 0) is 0 Å². The Morgan fingerprint density at radius 2 is 2.06 bits per heavy atom. The van der Waals surface area contributed by atoms with E-state index in [9.17, 15) is 4.39 Å². The molecule has 0 aliphatic heterocycles. The molecule has 4 heteroatoms. The largest absolute Gasteiger partial charge is 0.329 e. The molecule has 2 rings (SSSR count). The van der Waals surface area contributed by atoms with E-state index in [1.54, 1.807) is 23.5 Å². The summed E-state index contributed by atoms with van der Waals surface area (Å²) in [5.74, 6) is -0.177. The second kappa shape index (κ2) is 5.67. The van der Waals surface area contributed by atoms with Crippen LogP contribution >= 0.6 is 23.1 Å². The zero-order valence-electron chi connectivity index (χ0n) is 9.52. The highest BCUT2D eigenvalue weighted by molar-refractivity contribution is 7.99. The van der Waals surface area contributed by atoms with E-state index in [1.807, 2.05) is 6.07 Å². The summed E-state index contributed by atoms with van der Waals surface area (Å²) in [6, 6.07) is 11.0. The van der Waals surface area contributed by atoms with Gasteiger partial charge in [-0.25, -0.2) is 4.39 Å². The van der Waals surface area contributed by atoms with Gasteiger partial charge in [-0.3, -0.25) is 0 Å². The van der Waals surface area contributed by atoms with Crippen molar-refractivity contribution >= 4 is 23.1 Å². The minimum Gasteiger partial charge on any atom is -0.329 e. The van der Waals surface area contributed by atoms with Crippen LogP contribution in [0, 0.1) is 12.7 Å². The fourth-order valence-electron chi connectivity index (χ4n) is 1.54. The van der Waals surface area contributed by atoms with Gasteiger partial charge in [-0.05, 0) is 31.2 Å². The smallest absolute Gasteiger partial charge is 0.136 e. The van der Waals surface area contributed by atoms with Crippen molar-refractivity contribution in [3.8, 4) is 0 Å². The lowest BCUT2D eigenvalue weighted by molar-refractivity contribution is 0.601. The monoisotopic (exact) mass is 267 g/mol. The number of rotatable bonds is 4. The highest BCUT2D eigenvalue weighted by atomic mass is 32.2. The van der Waals surface area contributed by atoms with Gasteiger partial charge in [0.15, 0.2) is 0 Å². The van der Waals surface area contributed by atoms with Gasteiger partial charge in [0, 0.05) is 21.2 Å². The van der Waals surface area contributed by atoms with E-state index in [0.717, 1.165) is 0 Å². The number of halogens is 1. The first kappa shape index (κ1) is 12.6. The number of hydrogen-bond acceptors (Lipinski definition) is 3. The molecule has 1 aromatic carbocycles. The molecule has 0 fully saturated rings. The molecule has 1 nitrogen and oxygen atoms in total. The maximum atomic E-state index is 13.5. The summed E-state index contributed by atoms with van der Waals surface area (Å²) < 4.78 is 13.5. The predicted molar refractivity (Wildman–Crippen MR) is 73.1 cm³/mol. The van der Waals surface area contributed by atoms with E-state index >= 15 is 0 Å². The highest BCUT2D eigenvalue weighted by Crippen LogP contribution is 2.38. The molecule has 1 atom stereocenters. The van der Waals surface area contributed by atoms with Crippen LogP contribution in [0.15, 0.2) is 41.3 Å². The molecule has 0 saturated carbocycles. The van der Waals surface area contributed by atoms with Gasteiger partial charge in [0.25, 0.3) is 0 Å². The summed E-state index contributed by atoms with van der Waals surface area (Å²) in [4.78, 5) is 3.12. The van der Waals surface area contributed by atoms with Crippen LogP contribution in [0.5, 0.6) is 0 Å². The Labute approximate surface area is 109 Å². The second-order valence-electron chi connectivity index (χ2n) is 3.72. The highest BCUT2D eigenvalue weighted by Gasteiger charge is 2.15. The molecule has 0 radical (unpaired) electrons. The van der Waals surface area contributed by atoms with Crippen LogP contribution in [0.4, 0.5) is 4.39 Å². The van der Waals surface area contributed by atoms with Crippen LogP contribution in [0.25, 0.3) is 0 Å². The Morgan fingerprint density at radius 3 is 2.65 bits per heavy atom. The number of aryl methyl sites for hydroxylation is 1. The van der Waals surface area contributed by atoms with Gasteiger partial charge in [0.05, 0.1) is 5.25 Å². The second-order valence-corrected chi connectivity index (χ2v) is 6.29. The molecule has 17 heavy (non-hydrogen) atoms. The lowest BCUT2D eigenvalue weighted by Crippen LogP contribution is -2.08. The molecule has 0 saturated heterocycles. The zero-order valence-corrected chi connectivity index (χ0v) is 11.2. The van der Waals surface area contributed by atoms with Crippen molar-refractivity contribution in [1.82, 2.24) is 0 Å². The van der Waals surface area contributed by atoms with Gasteiger partial charge < -0.3 is 5.73 Å². The molecule has 0 aliphatic carbocycles. The Kier molecular flexibility index (Phi) is 4.20. The van der Waals surface area contributed by atoms with Crippen molar-refractivity contribution < 1.29 is 4.39 Å². The molecule has 1 aromatic heterocycles. The van der Waals surface area contributed by atoms with Crippen LogP contribution in [-0.4, -0.2) is 6.54 Å². The zero-order chi connectivity index (χ0) is 12.3. The van der Waals surface area contributed by atoms with Gasteiger partial charge in [-0.15, -0.1) is 23.1 Å². The number of hydrogen-bond donors (Lipinski definition) is 1. The van der Waals surface area contributed by atoms with E-state index in [2.05, 4.69) is 19.1 Å². The normalized spacial score (nSPS) is 12.6. The molecule has 2 aromatic rings. The summed E-state index contributed by atoms with van der Waals surface area (Å²) in [5, 5.41) is 0.130. The van der Waals surface area contributed by atoms with Crippen molar-refractivity contribution in [3.63, 3.8) is 0 Å². The lowest BCUT2D eigenvalue weighted by atomic mass is 10.3. The van der Waals surface area contributed by atoms with Gasteiger partial charge in [0.2, 0.25) is 0 Å². The molecular formula is C13H14FNS2. The van der Waals surface area contributed by atoms with Crippen molar-refractivity contribution in [3.05, 3.63) is 52.0 Å². The molecule has 0 bridgehead atoms. The van der Waals surface area contributed by atoms with E-state index in [1.165, 1.54) is 27.6 Å². The van der Waals surface area contributed by atoms with E-state index in [-0.39, 0.29) is 11.1 Å². The fraction of sp³-hybridized carbons (Fsp3) is 0.231. The quantitative estimate of drug-likeness (QED) is 0.848. The van der Waals surface area contributed by atoms with Crippen LogP contribution in [0.3, 0.4) is 0 Å².